The Morgan fingerprint density at radius 1 is 1.28 bits per heavy atom. The number of carbonyl (C=O) groups excluding carboxylic acids is 1. The van der Waals surface area contributed by atoms with Crippen molar-refractivity contribution in [3.63, 3.8) is 0 Å². The average molecular weight is 343 g/mol. The normalized spacial score (nSPS) is 19.3. The van der Waals surface area contributed by atoms with E-state index in [2.05, 4.69) is 40.5 Å². The lowest BCUT2D eigenvalue weighted by Crippen LogP contribution is -2.44. The van der Waals surface area contributed by atoms with E-state index in [4.69, 9.17) is 4.74 Å². The molecule has 5 heteroatoms. The number of rotatable bonds is 5. The average Bonchev–Trinajstić information content (AvgIpc) is 2.88. The number of likely N-dealkylation sites (N-methyl/N-ethyl adjacent to an activating group) is 1. The van der Waals surface area contributed by atoms with E-state index in [1.54, 1.807) is 7.11 Å². The van der Waals surface area contributed by atoms with Crippen molar-refractivity contribution in [2.24, 2.45) is 0 Å². The third-order valence-corrected chi connectivity index (χ3v) is 5.18. The highest BCUT2D eigenvalue weighted by molar-refractivity contribution is 5.99. The van der Waals surface area contributed by atoms with Crippen LogP contribution in [-0.4, -0.2) is 66.7 Å². The molecule has 0 aliphatic carbocycles. The topological polar surface area (TPSA) is 37.7 Å². The molecule has 0 bridgehead atoms. The molecule has 1 saturated heterocycles. The van der Waals surface area contributed by atoms with Crippen LogP contribution in [0.15, 0.2) is 30.3 Å². The highest BCUT2D eigenvalue weighted by Crippen LogP contribution is 2.23. The molecule has 0 radical (unpaired) electrons. The van der Waals surface area contributed by atoms with Crippen LogP contribution in [0.5, 0.6) is 0 Å². The number of fused-ring (bicyclic) bond motifs is 1. The largest absolute Gasteiger partial charge is 0.383 e. The predicted octanol–water partition coefficient (Wildman–Crippen LogP) is 2.84. The van der Waals surface area contributed by atoms with Gasteiger partial charge in [0.2, 0.25) is 0 Å². The van der Waals surface area contributed by atoms with Crippen LogP contribution in [0.3, 0.4) is 0 Å². The van der Waals surface area contributed by atoms with Crippen molar-refractivity contribution in [2.45, 2.75) is 32.4 Å². The van der Waals surface area contributed by atoms with Gasteiger partial charge in [-0.2, -0.15) is 0 Å². The summed E-state index contributed by atoms with van der Waals surface area (Å²) in [4.78, 5) is 17.8. The Hall–Kier alpha value is -1.85. The first kappa shape index (κ1) is 18.0. The maximum absolute atomic E-state index is 13.4. The van der Waals surface area contributed by atoms with Crippen LogP contribution in [0, 0.1) is 0 Å². The van der Waals surface area contributed by atoms with Gasteiger partial charge in [-0.25, -0.2) is 0 Å². The van der Waals surface area contributed by atoms with Crippen LogP contribution in [0.25, 0.3) is 10.9 Å². The first-order chi connectivity index (χ1) is 12.2. The summed E-state index contributed by atoms with van der Waals surface area (Å²) in [6.45, 7) is 6.28. The summed E-state index contributed by atoms with van der Waals surface area (Å²) in [5.74, 6) is 0.148. The monoisotopic (exact) mass is 343 g/mol. The van der Waals surface area contributed by atoms with Gasteiger partial charge in [0.05, 0.1) is 6.61 Å². The summed E-state index contributed by atoms with van der Waals surface area (Å²) >= 11 is 0. The third-order valence-electron chi connectivity index (χ3n) is 5.18. The predicted molar refractivity (Wildman–Crippen MR) is 101 cm³/mol. The number of amides is 1. The fourth-order valence-electron chi connectivity index (χ4n) is 3.82. The molecule has 2 heterocycles. The van der Waals surface area contributed by atoms with Crippen molar-refractivity contribution in [2.75, 3.05) is 40.4 Å². The first-order valence-corrected chi connectivity index (χ1v) is 9.22. The van der Waals surface area contributed by atoms with Crippen molar-refractivity contribution in [3.8, 4) is 0 Å². The second kappa shape index (κ2) is 8.02. The van der Waals surface area contributed by atoms with Gasteiger partial charge in [0.15, 0.2) is 0 Å². The Bertz CT molecular complexity index is 725. The molecule has 1 aliphatic heterocycles. The number of benzene rings is 1. The molecule has 1 amide bonds. The Morgan fingerprint density at radius 3 is 2.84 bits per heavy atom. The van der Waals surface area contributed by atoms with Crippen molar-refractivity contribution in [1.29, 1.82) is 0 Å². The van der Waals surface area contributed by atoms with Crippen molar-refractivity contribution in [3.05, 3.63) is 36.0 Å². The standard InChI is InChI=1S/C20H29N3O2/c1-4-17-15-21(2)10-7-11-22(17)20(24)19-14-16-8-5-6-9-18(16)23(19)12-13-25-3/h5-6,8-9,14,17H,4,7,10-13,15H2,1-3H3. The molecule has 2 aromatic rings. The Kier molecular flexibility index (Phi) is 5.76. The van der Waals surface area contributed by atoms with Crippen molar-refractivity contribution >= 4 is 16.8 Å². The van der Waals surface area contributed by atoms with Gasteiger partial charge >= 0.3 is 0 Å². The number of aromatic nitrogens is 1. The number of hydrogen-bond donors (Lipinski definition) is 0. The van der Waals surface area contributed by atoms with Gasteiger partial charge in [-0.05, 0) is 38.6 Å². The summed E-state index contributed by atoms with van der Waals surface area (Å²) < 4.78 is 7.38. The lowest BCUT2D eigenvalue weighted by atomic mass is 10.1. The number of nitrogens with zero attached hydrogens (tertiary/aromatic N) is 3. The zero-order valence-electron chi connectivity index (χ0n) is 15.6. The second-order valence-electron chi connectivity index (χ2n) is 6.91. The number of ether oxygens (including phenoxy) is 1. The van der Waals surface area contributed by atoms with Gasteiger partial charge in [0.25, 0.3) is 5.91 Å². The maximum Gasteiger partial charge on any atom is 0.270 e. The summed E-state index contributed by atoms with van der Waals surface area (Å²) in [5, 5.41) is 1.11. The number of carbonyl (C=O) groups is 1. The summed E-state index contributed by atoms with van der Waals surface area (Å²) in [5.41, 5.74) is 1.88. The van der Waals surface area contributed by atoms with E-state index < -0.39 is 0 Å². The van der Waals surface area contributed by atoms with Crippen molar-refractivity contribution in [1.82, 2.24) is 14.4 Å². The van der Waals surface area contributed by atoms with E-state index in [0.29, 0.717) is 13.2 Å². The van der Waals surface area contributed by atoms with E-state index in [0.717, 1.165) is 49.1 Å². The summed E-state index contributed by atoms with van der Waals surface area (Å²) in [6.07, 6.45) is 2.01. The van der Waals surface area contributed by atoms with E-state index in [1.165, 1.54) is 0 Å². The van der Waals surface area contributed by atoms with Gasteiger partial charge in [-0.3, -0.25) is 4.79 Å². The van der Waals surface area contributed by atoms with Gasteiger partial charge < -0.3 is 19.1 Å². The fourth-order valence-corrected chi connectivity index (χ4v) is 3.82. The van der Waals surface area contributed by atoms with E-state index in [1.807, 2.05) is 18.2 Å². The molecule has 0 saturated carbocycles. The van der Waals surface area contributed by atoms with Crippen LogP contribution in [0.4, 0.5) is 0 Å². The maximum atomic E-state index is 13.4. The lowest BCUT2D eigenvalue weighted by Gasteiger charge is -2.30. The Labute approximate surface area is 150 Å². The smallest absolute Gasteiger partial charge is 0.270 e. The molecule has 1 unspecified atom stereocenters. The van der Waals surface area contributed by atoms with E-state index in [9.17, 15) is 4.79 Å². The summed E-state index contributed by atoms with van der Waals surface area (Å²) in [6, 6.07) is 10.5. The fraction of sp³-hybridized carbons (Fsp3) is 0.550. The van der Waals surface area contributed by atoms with Gasteiger partial charge in [-0.1, -0.05) is 25.1 Å². The Morgan fingerprint density at radius 2 is 2.08 bits per heavy atom. The van der Waals surface area contributed by atoms with Crippen LogP contribution >= 0.6 is 0 Å². The summed E-state index contributed by atoms with van der Waals surface area (Å²) in [7, 11) is 3.84. The molecular formula is C20H29N3O2. The molecule has 5 nitrogen and oxygen atoms in total. The van der Waals surface area contributed by atoms with Crippen LogP contribution in [-0.2, 0) is 11.3 Å². The molecule has 1 aromatic carbocycles. The van der Waals surface area contributed by atoms with Crippen molar-refractivity contribution < 1.29 is 9.53 Å². The van der Waals surface area contributed by atoms with Gasteiger partial charge in [-0.15, -0.1) is 0 Å². The van der Waals surface area contributed by atoms with Crippen LogP contribution < -0.4 is 0 Å². The van der Waals surface area contributed by atoms with E-state index >= 15 is 0 Å². The minimum atomic E-state index is 0.148. The molecule has 1 aromatic heterocycles. The highest BCUT2D eigenvalue weighted by Gasteiger charge is 2.29. The molecule has 3 rings (SSSR count). The third kappa shape index (κ3) is 3.72. The van der Waals surface area contributed by atoms with Gasteiger partial charge in [0, 0.05) is 43.7 Å². The van der Waals surface area contributed by atoms with E-state index in [-0.39, 0.29) is 11.9 Å². The number of para-hydroxylation sites is 1. The molecule has 25 heavy (non-hydrogen) atoms. The molecular weight excluding hydrogens is 314 g/mol. The number of hydrogen-bond acceptors (Lipinski definition) is 3. The molecule has 1 aliphatic rings. The minimum absolute atomic E-state index is 0.148. The first-order valence-electron chi connectivity index (χ1n) is 9.22. The number of methoxy groups -OCH3 is 1. The molecule has 136 valence electrons. The molecule has 1 atom stereocenters. The van der Waals surface area contributed by atoms with Crippen LogP contribution in [0.2, 0.25) is 0 Å². The minimum Gasteiger partial charge on any atom is -0.383 e. The zero-order chi connectivity index (χ0) is 17.8. The lowest BCUT2D eigenvalue weighted by molar-refractivity contribution is 0.0663. The SMILES string of the molecule is CCC1CN(C)CCCN1C(=O)c1cc2ccccc2n1CCOC. The Balaban J connectivity index is 1.97. The highest BCUT2D eigenvalue weighted by atomic mass is 16.5. The molecule has 0 spiro atoms. The molecule has 1 fully saturated rings. The zero-order valence-corrected chi connectivity index (χ0v) is 15.6. The van der Waals surface area contributed by atoms with Gasteiger partial charge in [0.1, 0.15) is 5.69 Å². The quantitative estimate of drug-likeness (QED) is 0.838. The second-order valence-corrected chi connectivity index (χ2v) is 6.91. The van der Waals surface area contributed by atoms with Crippen LogP contribution in [0.1, 0.15) is 30.3 Å². The molecule has 0 N–H and O–H groups in total.